The fourth-order valence-electron chi connectivity index (χ4n) is 5.04. The summed E-state index contributed by atoms with van der Waals surface area (Å²) in [6, 6.07) is 10.5. The maximum absolute atomic E-state index is 12.5. The fourth-order valence-corrected chi connectivity index (χ4v) is 5.04. The molecule has 0 spiro atoms. The molecule has 2 bridgehead atoms. The van der Waals surface area contributed by atoms with E-state index < -0.39 is 6.10 Å². The minimum atomic E-state index is -0.414. The SMILES string of the molecule is O=C1CC(O)[C@@H]2C3CCC(CC3)[C@@H]2N1Cc1ccccc1. The van der Waals surface area contributed by atoms with Crippen molar-refractivity contribution in [2.45, 2.75) is 50.8 Å². The Morgan fingerprint density at radius 2 is 1.71 bits per heavy atom. The van der Waals surface area contributed by atoms with Crippen molar-refractivity contribution in [3.05, 3.63) is 35.9 Å². The van der Waals surface area contributed by atoms with Crippen LogP contribution < -0.4 is 0 Å². The summed E-state index contributed by atoms with van der Waals surface area (Å²) in [5.41, 5.74) is 1.20. The lowest BCUT2D eigenvalue weighted by Gasteiger charge is -2.56. The Morgan fingerprint density at radius 1 is 1.05 bits per heavy atom. The molecule has 1 aromatic carbocycles. The lowest BCUT2D eigenvalue weighted by molar-refractivity contribution is -0.163. The van der Waals surface area contributed by atoms with Gasteiger partial charge in [-0.05, 0) is 43.1 Å². The molecule has 4 fully saturated rings. The Labute approximate surface area is 126 Å². The number of benzene rings is 1. The summed E-state index contributed by atoms with van der Waals surface area (Å²) >= 11 is 0. The first kappa shape index (κ1) is 13.3. The zero-order valence-corrected chi connectivity index (χ0v) is 12.3. The molecule has 3 atom stereocenters. The van der Waals surface area contributed by atoms with Crippen molar-refractivity contribution in [3.63, 3.8) is 0 Å². The molecule has 1 amide bonds. The number of piperidine rings is 1. The molecule has 3 saturated carbocycles. The predicted molar refractivity (Wildman–Crippen MR) is 80.3 cm³/mol. The molecule has 21 heavy (non-hydrogen) atoms. The van der Waals surface area contributed by atoms with Crippen molar-refractivity contribution in [1.29, 1.82) is 0 Å². The van der Waals surface area contributed by atoms with Gasteiger partial charge in [0.25, 0.3) is 0 Å². The number of likely N-dealkylation sites (tertiary alicyclic amines) is 1. The van der Waals surface area contributed by atoms with Gasteiger partial charge in [0.05, 0.1) is 12.5 Å². The van der Waals surface area contributed by atoms with Gasteiger partial charge in [0.1, 0.15) is 0 Å². The van der Waals surface area contributed by atoms with Gasteiger partial charge in [-0.25, -0.2) is 0 Å². The van der Waals surface area contributed by atoms with Crippen molar-refractivity contribution < 1.29 is 9.90 Å². The zero-order chi connectivity index (χ0) is 14.4. The average molecular weight is 285 g/mol. The van der Waals surface area contributed by atoms with Crippen LogP contribution in [-0.4, -0.2) is 28.1 Å². The van der Waals surface area contributed by atoms with Crippen molar-refractivity contribution in [1.82, 2.24) is 4.90 Å². The minimum absolute atomic E-state index is 0.139. The molecule has 112 valence electrons. The molecule has 1 unspecified atom stereocenters. The topological polar surface area (TPSA) is 40.5 Å². The smallest absolute Gasteiger partial charge is 0.225 e. The van der Waals surface area contributed by atoms with Crippen LogP contribution in [0.5, 0.6) is 0 Å². The van der Waals surface area contributed by atoms with Crippen LogP contribution in [0.25, 0.3) is 0 Å². The Hall–Kier alpha value is -1.35. The number of rotatable bonds is 2. The first-order valence-corrected chi connectivity index (χ1v) is 8.25. The third kappa shape index (κ3) is 2.18. The van der Waals surface area contributed by atoms with Crippen LogP contribution in [-0.2, 0) is 11.3 Å². The van der Waals surface area contributed by atoms with E-state index in [0.717, 1.165) is 0 Å². The van der Waals surface area contributed by atoms with Gasteiger partial charge in [-0.3, -0.25) is 4.79 Å². The summed E-state index contributed by atoms with van der Waals surface area (Å²) in [6.07, 6.45) is 4.86. The molecular formula is C18H23NO2. The lowest BCUT2D eigenvalue weighted by atomic mass is 9.58. The number of aliphatic hydroxyl groups is 1. The molecule has 0 radical (unpaired) electrons. The minimum Gasteiger partial charge on any atom is -0.392 e. The number of hydrogen-bond donors (Lipinski definition) is 1. The summed E-state index contributed by atoms with van der Waals surface area (Å²) in [7, 11) is 0. The number of nitrogens with zero attached hydrogens (tertiary/aromatic N) is 1. The standard InChI is InChI=1S/C18H23NO2/c20-15-10-16(21)19(11-12-4-2-1-3-5-12)18-14-8-6-13(7-9-14)17(15)18/h1-5,13-15,17-18,20H,6-11H2/t13?,14?,15?,17-,18-/m0/s1. The molecule has 3 heteroatoms. The van der Waals surface area contributed by atoms with Gasteiger partial charge < -0.3 is 10.0 Å². The quantitative estimate of drug-likeness (QED) is 0.907. The predicted octanol–water partition coefficient (Wildman–Crippen LogP) is 2.58. The van der Waals surface area contributed by atoms with Gasteiger partial charge in [0, 0.05) is 18.5 Å². The van der Waals surface area contributed by atoms with Gasteiger partial charge in [0.15, 0.2) is 0 Å². The summed E-state index contributed by atoms with van der Waals surface area (Å²) in [5.74, 6) is 1.68. The van der Waals surface area contributed by atoms with E-state index in [1.165, 1.54) is 31.2 Å². The number of aliphatic hydroxyl groups excluding tert-OH is 1. The number of hydrogen-bond acceptors (Lipinski definition) is 2. The Morgan fingerprint density at radius 3 is 2.43 bits per heavy atom. The van der Waals surface area contributed by atoms with Crippen molar-refractivity contribution in [2.75, 3.05) is 0 Å². The van der Waals surface area contributed by atoms with E-state index in [-0.39, 0.29) is 11.9 Å². The summed E-state index contributed by atoms with van der Waals surface area (Å²) in [5, 5.41) is 10.4. The van der Waals surface area contributed by atoms with Crippen LogP contribution in [0, 0.1) is 17.8 Å². The second-order valence-electron chi connectivity index (χ2n) is 7.02. The van der Waals surface area contributed by atoms with Crippen LogP contribution in [0.3, 0.4) is 0 Å². The van der Waals surface area contributed by atoms with Gasteiger partial charge >= 0.3 is 0 Å². The summed E-state index contributed by atoms with van der Waals surface area (Å²) in [4.78, 5) is 14.6. The van der Waals surface area contributed by atoms with Crippen LogP contribution in [0.4, 0.5) is 0 Å². The van der Waals surface area contributed by atoms with E-state index in [0.29, 0.717) is 30.7 Å². The van der Waals surface area contributed by atoms with E-state index in [2.05, 4.69) is 17.0 Å². The third-order valence-electron chi connectivity index (χ3n) is 5.94. The van der Waals surface area contributed by atoms with Crippen LogP contribution in [0.15, 0.2) is 30.3 Å². The Balaban J connectivity index is 1.64. The highest BCUT2D eigenvalue weighted by Gasteiger charge is 2.52. The van der Waals surface area contributed by atoms with E-state index >= 15 is 0 Å². The van der Waals surface area contributed by atoms with Gasteiger partial charge in [-0.2, -0.15) is 0 Å². The molecule has 1 saturated heterocycles. The van der Waals surface area contributed by atoms with Crippen LogP contribution in [0.1, 0.15) is 37.7 Å². The number of amides is 1. The molecule has 3 nitrogen and oxygen atoms in total. The fraction of sp³-hybridized carbons (Fsp3) is 0.611. The number of carbonyl (C=O) groups excluding carboxylic acids is 1. The number of carbonyl (C=O) groups is 1. The molecule has 1 aromatic rings. The third-order valence-corrected chi connectivity index (χ3v) is 5.94. The maximum atomic E-state index is 12.5. The van der Waals surface area contributed by atoms with E-state index in [1.54, 1.807) is 0 Å². The Bertz CT molecular complexity index is 521. The van der Waals surface area contributed by atoms with Crippen LogP contribution in [0.2, 0.25) is 0 Å². The average Bonchev–Trinajstić information content (AvgIpc) is 2.53. The molecule has 3 aliphatic carbocycles. The van der Waals surface area contributed by atoms with Gasteiger partial charge in [-0.15, -0.1) is 0 Å². The van der Waals surface area contributed by atoms with Crippen LogP contribution >= 0.6 is 0 Å². The van der Waals surface area contributed by atoms with Crippen molar-refractivity contribution >= 4 is 5.91 Å². The molecule has 1 heterocycles. The first-order valence-electron chi connectivity index (χ1n) is 8.25. The monoisotopic (exact) mass is 285 g/mol. The zero-order valence-electron chi connectivity index (χ0n) is 12.3. The molecular weight excluding hydrogens is 262 g/mol. The van der Waals surface area contributed by atoms with Gasteiger partial charge in [-0.1, -0.05) is 30.3 Å². The molecule has 1 aliphatic heterocycles. The molecule has 4 aliphatic rings. The normalized spacial score (nSPS) is 38.4. The van der Waals surface area contributed by atoms with Gasteiger partial charge in [0.2, 0.25) is 5.91 Å². The largest absolute Gasteiger partial charge is 0.392 e. The van der Waals surface area contributed by atoms with E-state index in [9.17, 15) is 9.90 Å². The van der Waals surface area contributed by atoms with Crippen molar-refractivity contribution in [3.8, 4) is 0 Å². The molecule has 5 rings (SSSR count). The number of fused-ring (bicyclic) bond motifs is 2. The highest BCUT2D eigenvalue weighted by molar-refractivity contribution is 5.78. The van der Waals surface area contributed by atoms with E-state index in [4.69, 9.17) is 0 Å². The van der Waals surface area contributed by atoms with Crippen molar-refractivity contribution in [2.24, 2.45) is 17.8 Å². The highest BCUT2D eigenvalue weighted by Crippen LogP contribution is 2.51. The summed E-state index contributed by atoms with van der Waals surface area (Å²) < 4.78 is 0. The molecule has 0 aromatic heterocycles. The Kier molecular flexibility index (Phi) is 3.26. The highest BCUT2D eigenvalue weighted by atomic mass is 16.3. The van der Waals surface area contributed by atoms with E-state index in [1.807, 2.05) is 18.2 Å². The summed E-state index contributed by atoms with van der Waals surface area (Å²) in [6.45, 7) is 0.705. The lowest BCUT2D eigenvalue weighted by Crippen LogP contribution is -2.62. The second kappa shape index (κ2) is 5.13. The maximum Gasteiger partial charge on any atom is 0.225 e. The second-order valence-corrected chi connectivity index (χ2v) is 7.02. The molecule has 1 N–H and O–H groups in total. The first-order chi connectivity index (χ1) is 10.2.